The van der Waals surface area contributed by atoms with Crippen molar-refractivity contribution in [2.75, 3.05) is 6.61 Å². The summed E-state index contributed by atoms with van der Waals surface area (Å²) in [5, 5.41) is 8.38. The van der Waals surface area contributed by atoms with Gasteiger partial charge in [-0.05, 0) is 26.7 Å². The molecule has 0 aromatic heterocycles. The molecule has 0 saturated heterocycles. The normalized spacial score (nSPS) is 10.6. The average molecular weight is 226 g/mol. The smallest absolute Gasteiger partial charge is 0.305 e. The van der Waals surface area contributed by atoms with E-state index in [0.29, 0.717) is 12.8 Å². The minimum Gasteiger partial charge on any atom is -0.481 e. The number of terminal acetylenes is 1. The Balaban J connectivity index is 3.61. The maximum atomic E-state index is 11.2. The van der Waals surface area contributed by atoms with E-state index in [2.05, 4.69) is 5.92 Å². The van der Waals surface area contributed by atoms with Gasteiger partial charge in [-0.2, -0.15) is 0 Å². The van der Waals surface area contributed by atoms with Crippen LogP contribution < -0.4 is 0 Å². The molecule has 0 aliphatic heterocycles. The van der Waals surface area contributed by atoms with E-state index in [1.807, 2.05) is 13.8 Å². The van der Waals surface area contributed by atoms with Gasteiger partial charge < -0.3 is 9.84 Å². The number of unbranched alkanes of at least 4 members (excludes halogenated alkanes) is 1. The molecule has 90 valence electrons. The van der Waals surface area contributed by atoms with Gasteiger partial charge in [-0.15, -0.1) is 6.42 Å². The number of esters is 1. The molecule has 0 aliphatic rings. The molecule has 0 fully saturated rings. The van der Waals surface area contributed by atoms with Gasteiger partial charge in [-0.25, -0.2) is 0 Å². The number of hydrogen-bond acceptors (Lipinski definition) is 3. The van der Waals surface area contributed by atoms with Crippen molar-refractivity contribution in [2.45, 2.75) is 39.5 Å². The maximum absolute atomic E-state index is 11.2. The van der Waals surface area contributed by atoms with Gasteiger partial charge in [0, 0.05) is 12.8 Å². The highest BCUT2D eigenvalue weighted by Gasteiger charge is 2.16. The lowest BCUT2D eigenvalue weighted by Gasteiger charge is -2.16. The molecule has 0 radical (unpaired) electrons. The van der Waals surface area contributed by atoms with Gasteiger partial charge >= 0.3 is 11.9 Å². The first-order chi connectivity index (χ1) is 7.37. The number of carboxylic acid groups (broad SMARTS) is 1. The first-order valence-electron chi connectivity index (χ1n) is 5.22. The molecule has 0 amide bonds. The van der Waals surface area contributed by atoms with Crippen LogP contribution in [0.2, 0.25) is 0 Å². The summed E-state index contributed by atoms with van der Waals surface area (Å²) < 4.78 is 4.98. The van der Waals surface area contributed by atoms with Crippen molar-refractivity contribution in [1.82, 2.24) is 0 Å². The quantitative estimate of drug-likeness (QED) is 0.408. The zero-order valence-electron chi connectivity index (χ0n) is 9.78. The molecule has 0 aliphatic carbocycles. The highest BCUT2D eigenvalue weighted by atomic mass is 16.5. The molecule has 4 nitrogen and oxygen atoms in total. The number of ether oxygens (including phenoxy) is 1. The highest BCUT2D eigenvalue weighted by molar-refractivity contribution is 5.69. The monoisotopic (exact) mass is 226 g/mol. The predicted octanol–water partition coefficient (Wildman–Crippen LogP) is 1.83. The second-order valence-corrected chi connectivity index (χ2v) is 4.29. The molecule has 0 saturated carbocycles. The molecule has 0 spiro atoms. The summed E-state index contributed by atoms with van der Waals surface area (Å²) in [4.78, 5) is 21.4. The molecule has 0 bridgehead atoms. The largest absolute Gasteiger partial charge is 0.481 e. The summed E-state index contributed by atoms with van der Waals surface area (Å²) in [6, 6.07) is 0. The zero-order valence-corrected chi connectivity index (χ0v) is 9.78. The van der Waals surface area contributed by atoms with Gasteiger partial charge in [-0.3, -0.25) is 9.59 Å². The van der Waals surface area contributed by atoms with Crippen molar-refractivity contribution in [3.05, 3.63) is 0 Å². The van der Waals surface area contributed by atoms with Gasteiger partial charge in [0.2, 0.25) is 0 Å². The number of carboxylic acids is 1. The Morgan fingerprint density at radius 1 is 1.31 bits per heavy atom. The lowest BCUT2D eigenvalue weighted by molar-refractivity contribution is -0.146. The van der Waals surface area contributed by atoms with Crippen molar-refractivity contribution < 1.29 is 19.4 Å². The third-order valence-corrected chi connectivity index (χ3v) is 2.01. The molecule has 4 heteroatoms. The third kappa shape index (κ3) is 7.86. The number of carbonyl (C=O) groups excluding carboxylic acids is 1. The molecular weight excluding hydrogens is 208 g/mol. The first kappa shape index (κ1) is 14.5. The molecule has 0 rings (SSSR count). The fraction of sp³-hybridized carbons (Fsp3) is 0.667. The summed E-state index contributed by atoms with van der Waals surface area (Å²) in [6.07, 6.45) is 6.59. The average Bonchev–Trinajstić information content (AvgIpc) is 2.21. The third-order valence-electron chi connectivity index (χ3n) is 2.01. The van der Waals surface area contributed by atoms with Gasteiger partial charge in [0.15, 0.2) is 0 Å². The Hall–Kier alpha value is -1.50. The number of rotatable bonds is 7. The van der Waals surface area contributed by atoms with Crippen LogP contribution in [0.3, 0.4) is 0 Å². The van der Waals surface area contributed by atoms with Gasteiger partial charge in [0.1, 0.15) is 6.61 Å². The fourth-order valence-corrected chi connectivity index (χ4v) is 0.920. The number of hydrogen-bond donors (Lipinski definition) is 1. The Morgan fingerprint density at radius 2 is 1.88 bits per heavy atom. The summed E-state index contributed by atoms with van der Waals surface area (Å²) in [5.74, 6) is 1.35. The number of carbonyl (C=O) groups is 2. The van der Waals surface area contributed by atoms with Crippen LogP contribution in [0.25, 0.3) is 0 Å². The zero-order chi connectivity index (χ0) is 12.6. The van der Waals surface area contributed by atoms with E-state index < -0.39 is 11.4 Å². The van der Waals surface area contributed by atoms with E-state index in [9.17, 15) is 9.59 Å². The van der Waals surface area contributed by atoms with Gasteiger partial charge in [0.25, 0.3) is 0 Å². The molecular formula is C12H18O4. The second-order valence-electron chi connectivity index (χ2n) is 4.29. The molecule has 0 unspecified atom stereocenters. The minimum absolute atomic E-state index is 0.0864. The summed E-state index contributed by atoms with van der Waals surface area (Å²) >= 11 is 0. The summed E-state index contributed by atoms with van der Waals surface area (Å²) in [5.41, 5.74) is -0.448. The van der Waals surface area contributed by atoms with E-state index >= 15 is 0 Å². The van der Waals surface area contributed by atoms with E-state index in [4.69, 9.17) is 16.3 Å². The van der Waals surface area contributed by atoms with E-state index in [1.54, 1.807) is 0 Å². The Bertz CT molecular complexity index is 286. The predicted molar refractivity (Wildman–Crippen MR) is 59.7 cm³/mol. The van der Waals surface area contributed by atoms with Crippen molar-refractivity contribution in [2.24, 2.45) is 5.41 Å². The molecule has 0 aromatic rings. The number of aliphatic carboxylic acids is 1. The van der Waals surface area contributed by atoms with Crippen LogP contribution in [0.4, 0.5) is 0 Å². The standard InChI is InChI=1S/C12H18O4/c1-4-12(2,3)9-16-11(15)8-6-5-7-10(13)14/h1H,5-9H2,2-3H3,(H,13,14). The summed E-state index contributed by atoms with van der Waals surface area (Å²) in [6.45, 7) is 3.82. The Labute approximate surface area is 96.0 Å². The van der Waals surface area contributed by atoms with Crippen LogP contribution in [0.1, 0.15) is 39.5 Å². The van der Waals surface area contributed by atoms with Gasteiger partial charge in [0.05, 0.1) is 5.41 Å². The lowest BCUT2D eigenvalue weighted by Crippen LogP contribution is -2.19. The van der Waals surface area contributed by atoms with Crippen molar-refractivity contribution in [1.29, 1.82) is 0 Å². The lowest BCUT2D eigenvalue weighted by atomic mass is 9.97. The Morgan fingerprint density at radius 3 is 2.38 bits per heavy atom. The SMILES string of the molecule is C#CC(C)(C)COC(=O)CCCCC(=O)O. The van der Waals surface area contributed by atoms with E-state index in [-0.39, 0.29) is 25.4 Å². The second kappa shape index (κ2) is 6.89. The van der Waals surface area contributed by atoms with Crippen LogP contribution in [0, 0.1) is 17.8 Å². The van der Waals surface area contributed by atoms with Crippen molar-refractivity contribution in [3.63, 3.8) is 0 Å². The van der Waals surface area contributed by atoms with Crippen LogP contribution in [-0.2, 0) is 14.3 Å². The van der Waals surface area contributed by atoms with E-state index in [1.165, 1.54) is 0 Å². The molecule has 0 atom stereocenters. The van der Waals surface area contributed by atoms with Crippen LogP contribution in [-0.4, -0.2) is 23.7 Å². The topological polar surface area (TPSA) is 63.6 Å². The maximum Gasteiger partial charge on any atom is 0.305 e. The van der Waals surface area contributed by atoms with Crippen molar-refractivity contribution in [3.8, 4) is 12.3 Å². The van der Waals surface area contributed by atoms with Crippen LogP contribution in [0.15, 0.2) is 0 Å². The molecule has 1 N–H and O–H groups in total. The van der Waals surface area contributed by atoms with Crippen LogP contribution >= 0.6 is 0 Å². The molecule has 16 heavy (non-hydrogen) atoms. The summed E-state index contributed by atoms with van der Waals surface area (Å²) in [7, 11) is 0. The molecule has 0 aromatic carbocycles. The highest BCUT2D eigenvalue weighted by Crippen LogP contribution is 2.13. The van der Waals surface area contributed by atoms with E-state index in [0.717, 1.165) is 0 Å². The van der Waals surface area contributed by atoms with Crippen molar-refractivity contribution >= 4 is 11.9 Å². The fourth-order valence-electron chi connectivity index (χ4n) is 0.920. The van der Waals surface area contributed by atoms with Crippen LogP contribution in [0.5, 0.6) is 0 Å². The molecule has 0 heterocycles. The Kier molecular flexibility index (Phi) is 6.24. The minimum atomic E-state index is -0.846. The first-order valence-corrected chi connectivity index (χ1v) is 5.22. The van der Waals surface area contributed by atoms with Gasteiger partial charge in [-0.1, -0.05) is 5.92 Å².